The molecular formula is C12H7Cl2N3. The Labute approximate surface area is 108 Å². The monoisotopic (exact) mass is 263 g/mol. The van der Waals surface area contributed by atoms with E-state index in [9.17, 15) is 0 Å². The van der Waals surface area contributed by atoms with Crippen molar-refractivity contribution in [1.29, 1.82) is 0 Å². The van der Waals surface area contributed by atoms with Gasteiger partial charge in [-0.25, -0.2) is 9.97 Å². The Hall–Kier alpha value is -1.45. The fourth-order valence-corrected chi connectivity index (χ4v) is 2.28. The van der Waals surface area contributed by atoms with Gasteiger partial charge in [-0.1, -0.05) is 35.4 Å². The highest BCUT2D eigenvalue weighted by atomic mass is 35.5. The molecule has 0 spiro atoms. The van der Waals surface area contributed by atoms with Gasteiger partial charge in [0, 0.05) is 29.8 Å². The molecule has 3 nitrogen and oxygen atoms in total. The SMILES string of the molecule is Clc1cc(Cl)nc(-c2ccnc3c2C=CC3)n1. The highest BCUT2D eigenvalue weighted by Gasteiger charge is 2.14. The van der Waals surface area contributed by atoms with Crippen molar-refractivity contribution in [2.75, 3.05) is 0 Å². The molecule has 0 saturated carbocycles. The molecule has 2 aromatic rings. The van der Waals surface area contributed by atoms with E-state index in [0.717, 1.165) is 23.2 Å². The van der Waals surface area contributed by atoms with Gasteiger partial charge in [-0.2, -0.15) is 0 Å². The Morgan fingerprint density at radius 1 is 1.12 bits per heavy atom. The van der Waals surface area contributed by atoms with Crippen LogP contribution in [0, 0.1) is 0 Å². The van der Waals surface area contributed by atoms with Crippen LogP contribution < -0.4 is 0 Å². The van der Waals surface area contributed by atoms with Crippen LogP contribution in [0.25, 0.3) is 17.5 Å². The lowest BCUT2D eigenvalue weighted by atomic mass is 10.1. The van der Waals surface area contributed by atoms with E-state index < -0.39 is 0 Å². The van der Waals surface area contributed by atoms with Crippen LogP contribution in [-0.2, 0) is 6.42 Å². The molecule has 0 atom stereocenters. The maximum absolute atomic E-state index is 5.88. The first-order chi connectivity index (χ1) is 8.24. The number of pyridine rings is 1. The molecule has 0 aromatic carbocycles. The predicted octanol–water partition coefficient (Wildman–Crippen LogP) is 3.41. The van der Waals surface area contributed by atoms with Gasteiger partial charge in [-0.3, -0.25) is 4.98 Å². The van der Waals surface area contributed by atoms with Gasteiger partial charge >= 0.3 is 0 Å². The lowest BCUT2D eigenvalue weighted by Gasteiger charge is -2.06. The summed E-state index contributed by atoms with van der Waals surface area (Å²) < 4.78 is 0. The summed E-state index contributed by atoms with van der Waals surface area (Å²) in [4.78, 5) is 12.7. The molecule has 17 heavy (non-hydrogen) atoms. The van der Waals surface area contributed by atoms with Gasteiger partial charge in [0.2, 0.25) is 0 Å². The molecule has 0 aliphatic heterocycles. The van der Waals surface area contributed by atoms with Crippen LogP contribution in [-0.4, -0.2) is 15.0 Å². The largest absolute Gasteiger partial charge is 0.260 e. The van der Waals surface area contributed by atoms with E-state index >= 15 is 0 Å². The fourth-order valence-electron chi connectivity index (χ4n) is 1.86. The Morgan fingerprint density at radius 3 is 2.65 bits per heavy atom. The molecule has 0 amide bonds. The summed E-state index contributed by atoms with van der Waals surface area (Å²) >= 11 is 11.8. The van der Waals surface area contributed by atoms with Crippen LogP contribution in [0.5, 0.6) is 0 Å². The minimum Gasteiger partial charge on any atom is -0.260 e. The molecule has 0 saturated heterocycles. The van der Waals surface area contributed by atoms with E-state index in [1.165, 1.54) is 6.07 Å². The summed E-state index contributed by atoms with van der Waals surface area (Å²) in [5.74, 6) is 0.535. The Balaban J connectivity index is 2.22. The highest BCUT2D eigenvalue weighted by molar-refractivity contribution is 6.33. The molecule has 2 aromatic heterocycles. The molecular weight excluding hydrogens is 257 g/mol. The van der Waals surface area contributed by atoms with Crippen molar-refractivity contribution < 1.29 is 0 Å². The molecule has 0 fully saturated rings. The maximum Gasteiger partial charge on any atom is 0.163 e. The minimum atomic E-state index is 0.340. The lowest BCUT2D eigenvalue weighted by molar-refractivity contribution is 1.11. The molecule has 0 N–H and O–H groups in total. The van der Waals surface area contributed by atoms with Crippen molar-refractivity contribution in [3.8, 4) is 11.4 Å². The van der Waals surface area contributed by atoms with E-state index in [1.54, 1.807) is 6.20 Å². The Bertz CT molecular complexity index is 603. The van der Waals surface area contributed by atoms with Crippen molar-refractivity contribution in [2.24, 2.45) is 0 Å². The number of halogens is 2. The Morgan fingerprint density at radius 2 is 1.88 bits per heavy atom. The van der Waals surface area contributed by atoms with Crippen LogP contribution in [0.15, 0.2) is 24.4 Å². The zero-order valence-electron chi connectivity index (χ0n) is 8.69. The summed E-state index contributed by atoms with van der Waals surface area (Å²) in [6, 6.07) is 3.39. The van der Waals surface area contributed by atoms with Gasteiger partial charge in [-0.15, -0.1) is 0 Å². The van der Waals surface area contributed by atoms with E-state index in [1.807, 2.05) is 12.1 Å². The number of allylic oxidation sites excluding steroid dienone is 1. The van der Waals surface area contributed by atoms with Gasteiger partial charge in [-0.05, 0) is 6.07 Å². The summed E-state index contributed by atoms with van der Waals surface area (Å²) in [6.45, 7) is 0. The number of nitrogens with zero attached hydrogens (tertiary/aromatic N) is 3. The molecule has 0 radical (unpaired) electrons. The average molecular weight is 264 g/mol. The number of aromatic nitrogens is 3. The fraction of sp³-hybridized carbons (Fsp3) is 0.0833. The molecule has 3 rings (SSSR count). The van der Waals surface area contributed by atoms with Gasteiger partial charge in [0.25, 0.3) is 0 Å². The number of rotatable bonds is 1. The van der Waals surface area contributed by atoms with E-state index in [4.69, 9.17) is 23.2 Å². The molecule has 1 aliphatic rings. The van der Waals surface area contributed by atoms with Gasteiger partial charge in [0.15, 0.2) is 5.82 Å². The molecule has 5 heteroatoms. The first-order valence-electron chi connectivity index (χ1n) is 5.09. The van der Waals surface area contributed by atoms with Crippen LogP contribution in [0.2, 0.25) is 10.3 Å². The minimum absolute atomic E-state index is 0.340. The maximum atomic E-state index is 5.88. The summed E-state index contributed by atoms with van der Waals surface area (Å²) in [7, 11) is 0. The third-order valence-electron chi connectivity index (χ3n) is 2.57. The van der Waals surface area contributed by atoms with Crippen molar-refractivity contribution in [3.63, 3.8) is 0 Å². The zero-order valence-corrected chi connectivity index (χ0v) is 10.2. The van der Waals surface area contributed by atoms with Crippen molar-refractivity contribution >= 4 is 29.3 Å². The van der Waals surface area contributed by atoms with E-state index in [2.05, 4.69) is 21.0 Å². The second-order valence-electron chi connectivity index (χ2n) is 3.66. The molecule has 0 unspecified atom stereocenters. The first kappa shape index (κ1) is 10.7. The summed E-state index contributed by atoms with van der Waals surface area (Å²) in [6.07, 6.45) is 6.68. The topological polar surface area (TPSA) is 38.7 Å². The Kier molecular flexibility index (Phi) is 2.57. The third kappa shape index (κ3) is 1.92. The van der Waals surface area contributed by atoms with E-state index in [-0.39, 0.29) is 0 Å². The number of hydrogen-bond acceptors (Lipinski definition) is 3. The second kappa shape index (κ2) is 4.09. The molecule has 1 aliphatic carbocycles. The molecule has 2 heterocycles. The van der Waals surface area contributed by atoms with E-state index in [0.29, 0.717) is 16.1 Å². The zero-order chi connectivity index (χ0) is 11.8. The first-order valence-corrected chi connectivity index (χ1v) is 5.84. The standard InChI is InChI=1S/C12H7Cl2N3/c13-10-6-11(14)17-12(16-10)8-4-5-15-9-3-1-2-7(8)9/h1-2,4-6H,3H2. The third-order valence-corrected chi connectivity index (χ3v) is 2.96. The quantitative estimate of drug-likeness (QED) is 0.741. The molecule has 0 bridgehead atoms. The smallest absolute Gasteiger partial charge is 0.163 e. The van der Waals surface area contributed by atoms with Crippen molar-refractivity contribution in [2.45, 2.75) is 6.42 Å². The van der Waals surface area contributed by atoms with Gasteiger partial charge in [0.05, 0.1) is 5.69 Å². The van der Waals surface area contributed by atoms with Crippen LogP contribution in [0.4, 0.5) is 0 Å². The summed E-state index contributed by atoms with van der Waals surface area (Å²) in [5.41, 5.74) is 2.99. The van der Waals surface area contributed by atoms with Gasteiger partial charge in [0.1, 0.15) is 10.3 Å². The van der Waals surface area contributed by atoms with Crippen LogP contribution >= 0.6 is 23.2 Å². The lowest BCUT2D eigenvalue weighted by Crippen LogP contribution is -1.95. The number of hydrogen-bond donors (Lipinski definition) is 0. The summed E-state index contributed by atoms with van der Waals surface area (Å²) in [5, 5.41) is 0.681. The normalized spacial score (nSPS) is 12.8. The number of fused-ring (bicyclic) bond motifs is 1. The van der Waals surface area contributed by atoms with Crippen LogP contribution in [0.3, 0.4) is 0 Å². The highest BCUT2D eigenvalue weighted by Crippen LogP contribution is 2.29. The van der Waals surface area contributed by atoms with Crippen LogP contribution in [0.1, 0.15) is 11.3 Å². The van der Waals surface area contributed by atoms with Crippen molar-refractivity contribution in [1.82, 2.24) is 15.0 Å². The van der Waals surface area contributed by atoms with Gasteiger partial charge < -0.3 is 0 Å². The van der Waals surface area contributed by atoms with Crippen molar-refractivity contribution in [3.05, 3.63) is 46.0 Å². The average Bonchev–Trinajstić information content (AvgIpc) is 2.75. The second-order valence-corrected chi connectivity index (χ2v) is 4.44. The predicted molar refractivity (Wildman–Crippen MR) is 68.0 cm³/mol. The molecule has 84 valence electrons.